The SMILES string of the molecule is C=C(C)c1cccc(C2=CC=C(C3=CC=CCC3)CC2)c1. The Hall–Kier alpha value is -2.08. The maximum atomic E-state index is 4.04. The van der Waals surface area contributed by atoms with Gasteiger partial charge in [0.05, 0.1) is 0 Å². The average molecular weight is 274 g/mol. The van der Waals surface area contributed by atoms with E-state index in [-0.39, 0.29) is 0 Å². The van der Waals surface area contributed by atoms with Gasteiger partial charge in [-0.1, -0.05) is 60.7 Å². The first kappa shape index (κ1) is 13.9. The van der Waals surface area contributed by atoms with Crippen LogP contribution in [0, 0.1) is 0 Å². The molecule has 0 fully saturated rings. The van der Waals surface area contributed by atoms with Crippen LogP contribution in [-0.2, 0) is 0 Å². The predicted octanol–water partition coefficient (Wildman–Crippen LogP) is 6.10. The van der Waals surface area contributed by atoms with Crippen LogP contribution in [0.4, 0.5) is 0 Å². The molecule has 0 spiro atoms. The normalized spacial score (nSPS) is 17.9. The molecule has 0 aliphatic heterocycles. The van der Waals surface area contributed by atoms with Crippen LogP contribution in [0.1, 0.15) is 43.7 Å². The van der Waals surface area contributed by atoms with Gasteiger partial charge in [-0.2, -0.15) is 0 Å². The highest BCUT2D eigenvalue weighted by atomic mass is 14.2. The molecule has 2 aliphatic rings. The van der Waals surface area contributed by atoms with E-state index in [1.54, 1.807) is 0 Å². The van der Waals surface area contributed by atoms with Gasteiger partial charge in [0, 0.05) is 0 Å². The molecule has 0 aromatic heterocycles. The third kappa shape index (κ3) is 3.16. The summed E-state index contributed by atoms with van der Waals surface area (Å²) in [6, 6.07) is 8.73. The van der Waals surface area contributed by atoms with Gasteiger partial charge in [-0.3, -0.25) is 0 Å². The average Bonchev–Trinajstić information content (AvgIpc) is 2.56. The molecule has 0 saturated carbocycles. The highest BCUT2D eigenvalue weighted by Crippen LogP contribution is 2.33. The zero-order chi connectivity index (χ0) is 14.7. The van der Waals surface area contributed by atoms with E-state index < -0.39 is 0 Å². The zero-order valence-corrected chi connectivity index (χ0v) is 12.7. The molecule has 0 bridgehead atoms. The lowest BCUT2D eigenvalue weighted by molar-refractivity contribution is 0.905. The van der Waals surface area contributed by atoms with Crippen molar-refractivity contribution in [3.05, 3.63) is 83.5 Å². The van der Waals surface area contributed by atoms with Crippen LogP contribution in [0.5, 0.6) is 0 Å². The first-order valence-electron chi connectivity index (χ1n) is 7.76. The summed E-state index contributed by atoms with van der Waals surface area (Å²) in [6.07, 6.45) is 16.0. The fraction of sp³-hybridized carbons (Fsp3) is 0.238. The Morgan fingerprint density at radius 1 is 0.952 bits per heavy atom. The Kier molecular flexibility index (Phi) is 4.06. The van der Waals surface area contributed by atoms with E-state index in [1.807, 2.05) is 0 Å². The minimum atomic E-state index is 1.13. The van der Waals surface area contributed by atoms with Crippen molar-refractivity contribution in [3.8, 4) is 0 Å². The molecule has 0 radical (unpaired) electrons. The largest absolute Gasteiger partial charge is 0.0955 e. The lowest BCUT2D eigenvalue weighted by atomic mass is 9.86. The minimum Gasteiger partial charge on any atom is -0.0955 e. The summed E-state index contributed by atoms with van der Waals surface area (Å²) in [4.78, 5) is 0. The Morgan fingerprint density at radius 2 is 1.71 bits per heavy atom. The third-order valence-corrected chi connectivity index (χ3v) is 4.30. The summed E-state index contributed by atoms with van der Waals surface area (Å²) in [5.41, 5.74) is 8.17. The second kappa shape index (κ2) is 6.13. The van der Waals surface area contributed by atoms with Gasteiger partial charge in [0.15, 0.2) is 0 Å². The number of benzene rings is 1. The maximum Gasteiger partial charge on any atom is -0.0218 e. The first-order chi connectivity index (χ1) is 10.2. The molecular weight excluding hydrogens is 252 g/mol. The molecule has 0 heteroatoms. The standard InChI is InChI=1S/C21H22/c1-16(2)20-9-6-10-21(15-20)19-13-11-18(12-14-19)17-7-4-3-5-8-17/h3-4,6-7,9-11,13,15H,1,5,8,12,14H2,2H3. The molecule has 0 nitrogen and oxygen atoms in total. The van der Waals surface area contributed by atoms with E-state index in [0.29, 0.717) is 0 Å². The fourth-order valence-corrected chi connectivity index (χ4v) is 3.00. The van der Waals surface area contributed by atoms with E-state index in [1.165, 1.54) is 40.7 Å². The summed E-state index contributed by atoms with van der Waals surface area (Å²) in [5.74, 6) is 0. The Morgan fingerprint density at radius 3 is 2.38 bits per heavy atom. The van der Waals surface area contributed by atoms with Gasteiger partial charge in [0.25, 0.3) is 0 Å². The summed E-state index contributed by atoms with van der Waals surface area (Å²) < 4.78 is 0. The van der Waals surface area contributed by atoms with Gasteiger partial charge < -0.3 is 0 Å². The summed E-state index contributed by atoms with van der Waals surface area (Å²) in [6.45, 7) is 6.10. The van der Waals surface area contributed by atoms with Crippen LogP contribution in [0.3, 0.4) is 0 Å². The summed E-state index contributed by atoms with van der Waals surface area (Å²) in [5, 5.41) is 0. The van der Waals surface area contributed by atoms with Crippen LogP contribution >= 0.6 is 0 Å². The summed E-state index contributed by atoms with van der Waals surface area (Å²) in [7, 11) is 0. The molecular formula is C21H22. The second-order valence-corrected chi connectivity index (χ2v) is 5.90. The van der Waals surface area contributed by atoms with Crippen molar-refractivity contribution in [1.82, 2.24) is 0 Å². The van der Waals surface area contributed by atoms with E-state index in [4.69, 9.17) is 0 Å². The van der Waals surface area contributed by atoms with Crippen molar-refractivity contribution < 1.29 is 0 Å². The van der Waals surface area contributed by atoms with Crippen molar-refractivity contribution in [2.45, 2.75) is 32.6 Å². The molecule has 2 aliphatic carbocycles. The lowest BCUT2D eigenvalue weighted by Gasteiger charge is -2.19. The van der Waals surface area contributed by atoms with Crippen molar-refractivity contribution in [1.29, 1.82) is 0 Å². The van der Waals surface area contributed by atoms with Crippen LogP contribution in [-0.4, -0.2) is 0 Å². The number of rotatable bonds is 3. The monoisotopic (exact) mass is 274 g/mol. The quantitative estimate of drug-likeness (QED) is 0.624. The molecule has 0 saturated heterocycles. The molecule has 1 aromatic carbocycles. The number of hydrogen-bond donors (Lipinski definition) is 0. The molecule has 0 amide bonds. The highest BCUT2D eigenvalue weighted by Gasteiger charge is 2.12. The topological polar surface area (TPSA) is 0 Å². The smallest absolute Gasteiger partial charge is 0.0218 e. The van der Waals surface area contributed by atoms with Crippen LogP contribution in [0.15, 0.2) is 72.4 Å². The molecule has 1 aromatic rings. The number of hydrogen-bond acceptors (Lipinski definition) is 0. The van der Waals surface area contributed by atoms with E-state index in [9.17, 15) is 0 Å². The molecule has 0 unspecified atom stereocenters. The van der Waals surface area contributed by atoms with Gasteiger partial charge in [-0.15, -0.1) is 0 Å². The van der Waals surface area contributed by atoms with Gasteiger partial charge in [0.1, 0.15) is 0 Å². The Bertz CT molecular complexity index is 678. The van der Waals surface area contributed by atoms with E-state index in [0.717, 1.165) is 18.4 Å². The van der Waals surface area contributed by atoms with E-state index in [2.05, 4.69) is 68.1 Å². The Balaban J connectivity index is 1.85. The van der Waals surface area contributed by atoms with Crippen molar-refractivity contribution in [2.75, 3.05) is 0 Å². The molecule has 0 N–H and O–H groups in total. The first-order valence-corrected chi connectivity index (χ1v) is 7.76. The van der Waals surface area contributed by atoms with Crippen molar-refractivity contribution in [3.63, 3.8) is 0 Å². The van der Waals surface area contributed by atoms with Crippen LogP contribution in [0.2, 0.25) is 0 Å². The second-order valence-electron chi connectivity index (χ2n) is 5.90. The minimum absolute atomic E-state index is 1.13. The van der Waals surface area contributed by atoms with Crippen molar-refractivity contribution >= 4 is 11.1 Å². The van der Waals surface area contributed by atoms with E-state index >= 15 is 0 Å². The third-order valence-electron chi connectivity index (χ3n) is 4.30. The van der Waals surface area contributed by atoms with Gasteiger partial charge in [-0.25, -0.2) is 0 Å². The molecule has 106 valence electrons. The van der Waals surface area contributed by atoms with Crippen LogP contribution in [0.25, 0.3) is 11.1 Å². The van der Waals surface area contributed by atoms with Gasteiger partial charge in [0.2, 0.25) is 0 Å². The number of allylic oxidation sites excluding steroid dienone is 9. The maximum absolute atomic E-state index is 4.04. The highest BCUT2D eigenvalue weighted by molar-refractivity contribution is 5.73. The van der Waals surface area contributed by atoms with Gasteiger partial charge in [-0.05, 0) is 66.5 Å². The molecule has 3 rings (SSSR count). The van der Waals surface area contributed by atoms with Crippen molar-refractivity contribution in [2.24, 2.45) is 0 Å². The zero-order valence-electron chi connectivity index (χ0n) is 12.7. The molecule has 0 atom stereocenters. The van der Waals surface area contributed by atoms with Gasteiger partial charge >= 0.3 is 0 Å². The fourth-order valence-electron chi connectivity index (χ4n) is 3.00. The molecule has 21 heavy (non-hydrogen) atoms. The predicted molar refractivity (Wildman–Crippen MR) is 92.9 cm³/mol. The lowest BCUT2D eigenvalue weighted by Crippen LogP contribution is -1.98. The molecule has 0 heterocycles. The summed E-state index contributed by atoms with van der Waals surface area (Å²) >= 11 is 0. The van der Waals surface area contributed by atoms with Crippen LogP contribution < -0.4 is 0 Å². The Labute approximate surface area is 127 Å².